The fourth-order valence-corrected chi connectivity index (χ4v) is 1.69. The van der Waals surface area contributed by atoms with Crippen molar-refractivity contribution >= 4 is 27.9 Å². The van der Waals surface area contributed by atoms with Gasteiger partial charge in [-0.2, -0.15) is 0 Å². The Labute approximate surface area is 103 Å². The Hall–Kier alpha value is -1.04. The van der Waals surface area contributed by atoms with Gasteiger partial charge < -0.3 is 15.0 Å². The molecule has 1 fully saturated rings. The molecule has 1 unspecified atom stereocenters. The number of nitrogens with one attached hydrogen (secondary N) is 1. The molecule has 1 aliphatic rings. The highest BCUT2D eigenvalue weighted by Crippen LogP contribution is 2.10. The Balaban J connectivity index is 2.31. The normalized spacial score (nSPS) is 19.3. The first kappa shape index (κ1) is 13.0. The van der Waals surface area contributed by atoms with E-state index in [4.69, 9.17) is 4.74 Å². The average Bonchev–Trinajstić information content (AvgIpc) is 2.74. The van der Waals surface area contributed by atoms with Crippen molar-refractivity contribution in [1.82, 2.24) is 10.2 Å². The van der Waals surface area contributed by atoms with E-state index < -0.39 is 0 Å². The van der Waals surface area contributed by atoms with Gasteiger partial charge in [-0.15, -0.1) is 0 Å². The molecule has 0 aliphatic carbocycles. The maximum atomic E-state index is 11.4. The summed E-state index contributed by atoms with van der Waals surface area (Å²) in [5.74, 6) is -0.0636. The average molecular weight is 291 g/mol. The molecule has 0 saturated carbocycles. The van der Waals surface area contributed by atoms with Crippen LogP contribution in [0.15, 0.2) is 12.7 Å². The molecular weight excluding hydrogens is 276 g/mol. The smallest absolute Gasteiger partial charge is 0.410 e. The number of alkyl halides is 1. The van der Waals surface area contributed by atoms with Crippen molar-refractivity contribution in [3.8, 4) is 0 Å². The van der Waals surface area contributed by atoms with E-state index in [1.165, 1.54) is 6.08 Å². The van der Waals surface area contributed by atoms with E-state index >= 15 is 0 Å². The molecule has 0 spiro atoms. The van der Waals surface area contributed by atoms with Crippen LogP contribution in [0.25, 0.3) is 0 Å². The quantitative estimate of drug-likeness (QED) is 0.618. The van der Waals surface area contributed by atoms with Crippen molar-refractivity contribution in [3.05, 3.63) is 12.7 Å². The van der Waals surface area contributed by atoms with Crippen LogP contribution >= 0.6 is 15.9 Å². The summed E-state index contributed by atoms with van der Waals surface area (Å²) < 4.78 is 4.90. The summed E-state index contributed by atoms with van der Waals surface area (Å²) in [6.07, 6.45) is 1.94. The second kappa shape index (κ2) is 6.52. The third kappa shape index (κ3) is 3.84. The van der Waals surface area contributed by atoms with E-state index in [-0.39, 0.29) is 30.0 Å². The molecule has 2 amide bonds. The molecule has 0 bridgehead atoms. The molecule has 90 valence electrons. The second-order valence-electron chi connectivity index (χ2n) is 3.50. The zero-order chi connectivity index (χ0) is 12.0. The highest BCUT2D eigenvalue weighted by Gasteiger charge is 2.27. The molecule has 5 nitrogen and oxygen atoms in total. The van der Waals surface area contributed by atoms with E-state index in [1.54, 1.807) is 4.90 Å². The predicted molar refractivity (Wildman–Crippen MR) is 63.5 cm³/mol. The van der Waals surface area contributed by atoms with Crippen molar-refractivity contribution in [2.75, 3.05) is 25.0 Å². The Kier molecular flexibility index (Phi) is 5.31. The van der Waals surface area contributed by atoms with Crippen LogP contribution in [0.4, 0.5) is 4.79 Å². The number of carbonyl (C=O) groups is 2. The van der Waals surface area contributed by atoms with E-state index in [0.29, 0.717) is 13.1 Å². The molecular formula is C10H15BrN2O3. The highest BCUT2D eigenvalue weighted by atomic mass is 79.9. The van der Waals surface area contributed by atoms with Crippen LogP contribution in [-0.2, 0) is 9.53 Å². The number of amides is 2. The molecule has 1 atom stereocenters. The van der Waals surface area contributed by atoms with Gasteiger partial charge in [0.2, 0.25) is 5.91 Å². The highest BCUT2D eigenvalue weighted by molar-refractivity contribution is 9.09. The largest absolute Gasteiger partial charge is 0.445 e. The minimum atomic E-state index is -0.351. The summed E-state index contributed by atoms with van der Waals surface area (Å²) in [5.41, 5.74) is 0. The summed E-state index contributed by atoms with van der Waals surface area (Å²) in [6.45, 7) is 4.81. The minimum absolute atomic E-state index is 0.0290. The zero-order valence-electron chi connectivity index (χ0n) is 8.95. The number of hydrogen-bond acceptors (Lipinski definition) is 3. The number of likely N-dealkylation sites (tertiary alicyclic amines) is 1. The lowest BCUT2D eigenvalue weighted by Crippen LogP contribution is -2.39. The van der Waals surface area contributed by atoms with E-state index in [9.17, 15) is 9.59 Å². The number of halogens is 1. The fourth-order valence-electron chi connectivity index (χ4n) is 1.53. The summed E-state index contributed by atoms with van der Waals surface area (Å²) in [5, 5.41) is 3.10. The monoisotopic (exact) mass is 290 g/mol. The molecule has 0 radical (unpaired) electrons. The molecule has 16 heavy (non-hydrogen) atoms. The van der Waals surface area contributed by atoms with Gasteiger partial charge in [0.1, 0.15) is 6.61 Å². The lowest BCUT2D eigenvalue weighted by molar-refractivity contribution is -0.119. The van der Waals surface area contributed by atoms with Crippen LogP contribution in [0.3, 0.4) is 0 Å². The van der Waals surface area contributed by atoms with Crippen LogP contribution in [0.5, 0.6) is 0 Å². The predicted octanol–water partition coefficient (Wildman–Crippen LogP) is 0.894. The van der Waals surface area contributed by atoms with Crippen molar-refractivity contribution in [1.29, 1.82) is 0 Å². The van der Waals surface area contributed by atoms with Crippen molar-refractivity contribution in [2.45, 2.75) is 12.5 Å². The second-order valence-corrected chi connectivity index (χ2v) is 4.06. The lowest BCUT2D eigenvalue weighted by atomic mass is 10.3. The number of rotatable bonds is 4. The van der Waals surface area contributed by atoms with Crippen LogP contribution in [0.1, 0.15) is 6.42 Å². The molecule has 0 aromatic heterocycles. The molecule has 1 N–H and O–H groups in total. The maximum absolute atomic E-state index is 11.4. The number of nitrogens with zero attached hydrogens (tertiary/aromatic N) is 1. The van der Waals surface area contributed by atoms with Gasteiger partial charge >= 0.3 is 6.09 Å². The molecule has 1 saturated heterocycles. The molecule has 1 heterocycles. The van der Waals surface area contributed by atoms with Gasteiger partial charge in [0, 0.05) is 19.1 Å². The third-order valence-corrected chi connectivity index (χ3v) is 2.77. The van der Waals surface area contributed by atoms with Crippen LogP contribution < -0.4 is 5.32 Å². The molecule has 0 aromatic rings. The SMILES string of the molecule is C=CCOC(=O)N1CCC(NC(=O)CBr)C1. The Bertz CT molecular complexity index is 283. The first-order valence-electron chi connectivity index (χ1n) is 5.05. The molecule has 6 heteroatoms. The Morgan fingerprint density at radius 3 is 3.00 bits per heavy atom. The standard InChI is InChI=1S/C10H15BrN2O3/c1-2-5-16-10(15)13-4-3-8(7-13)12-9(14)6-11/h2,8H,1,3-7H2,(H,12,14). The number of carbonyl (C=O) groups excluding carboxylic acids is 2. The van der Waals surface area contributed by atoms with Gasteiger partial charge in [0.15, 0.2) is 0 Å². The van der Waals surface area contributed by atoms with Gasteiger partial charge in [-0.1, -0.05) is 28.6 Å². The Morgan fingerprint density at radius 1 is 1.62 bits per heavy atom. The van der Waals surface area contributed by atoms with E-state index in [1.807, 2.05) is 0 Å². The third-order valence-electron chi connectivity index (χ3n) is 2.26. The van der Waals surface area contributed by atoms with E-state index in [2.05, 4.69) is 27.8 Å². The molecule has 1 aliphatic heterocycles. The minimum Gasteiger partial charge on any atom is -0.445 e. The van der Waals surface area contributed by atoms with Crippen molar-refractivity contribution in [3.63, 3.8) is 0 Å². The topological polar surface area (TPSA) is 58.6 Å². The van der Waals surface area contributed by atoms with Crippen LogP contribution in [0, 0.1) is 0 Å². The number of hydrogen-bond donors (Lipinski definition) is 1. The van der Waals surface area contributed by atoms with Gasteiger partial charge in [-0.25, -0.2) is 4.79 Å². The molecule has 1 rings (SSSR count). The van der Waals surface area contributed by atoms with Gasteiger partial charge in [0.25, 0.3) is 0 Å². The summed E-state index contributed by atoms with van der Waals surface area (Å²) in [6, 6.07) is 0.0290. The maximum Gasteiger partial charge on any atom is 0.410 e. The Morgan fingerprint density at radius 2 is 2.38 bits per heavy atom. The zero-order valence-corrected chi connectivity index (χ0v) is 10.5. The van der Waals surface area contributed by atoms with Gasteiger partial charge in [-0.05, 0) is 6.42 Å². The first-order valence-corrected chi connectivity index (χ1v) is 6.17. The number of ether oxygens (including phenoxy) is 1. The summed E-state index contributed by atoms with van der Waals surface area (Å²) >= 11 is 3.07. The fraction of sp³-hybridized carbons (Fsp3) is 0.600. The lowest BCUT2D eigenvalue weighted by Gasteiger charge is -2.16. The van der Waals surface area contributed by atoms with Gasteiger partial charge in [-0.3, -0.25) is 4.79 Å². The molecule has 0 aromatic carbocycles. The van der Waals surface area contributed by atoms with Gasteiger partial charge in [0.05, 0.1) is 5.33 Å². The van der Waals surface area contributed by atoms with Crippen LogP contribution in [0.2, 0.25) is 0 Å². The summed E-state index contributed by atoms with van der Waals surface area (Å²) in [7, 11) is 0. The van der Waals surface area contributed by atoms with E-state index in [0.717, 1.165) is 6.42 Å². The van der Waals surface area contributed by atoms with Crippen molar-refractivity contribution in [2.24, 2.45) is 0 Å². The first-order chi connectivity index (χ1) is 7.67. The summed E-state index contributed by atoms with van der Waals surface area (Å²) in [4.78, 5) is 24.1. The van der Waals surface area contributed by atoms with Crippen molar-refractivity contribution < 1.29 is 14.3 Å². The van der Waals surface area contributed by atoms with Crippen LogP contribution in [-0.4, -0.2) is 48.0 Å².